The second-order valence-electron chi connectivity index (χ2n) is 7.62. The number of aryl methyl sites for hydroxylation is 1. The number of carbonyl (C=O) groups is 1. The monoisotopic (exact) mass is 471 g/mol. The maximum absolute atomic E-state index is 12.2. The number of methoxy groups -OCH3 is 1. The van der Waals surface area contributed by atoms with Crippen molar-refractivity contribution in [2.24, 2.45) is 0 Å². The van der Waals surface area contributed by atoms with Gasteiger partial charge >= 0.3 is 0 Å². The Morgan fingerprint density at radius 1 is 1.03 bits per heavy atom. The number of benzene rings is 3. The van der Waals surface area contributed by atoms with E-state index in [0.717, 1.165) is 33.7 Å². The van der Waals surface area contributed by atoms with Gasteiger partial charge < -0.3 is 19.5 Å². The third-order valence-electron chi connectivity index (χ3n) is 5.15. The Morgan fingerprint density at radius 2 is 1.79 bits per heavy atom. The van der Waals surface area contributed by atoms with E-state index in [2.05, 4.69) is 38.5 Å². The highest BCUT2D eigenvalue weighted by molar-refractivity contribution is 7.99. The molecule has 170 valence electrons. The summed E-state index contributed by atoms with van der Waals surface area (Å²) in [6, 6.07) is 21.0. The van der Waals surface area contributed by atoms with Gasteiger partial charge in [0.1, 0.15) is 11.6 Å². The second kappa shape index (κ2) is 9.40. The number of aromatic amines is 1. The molecule has 2 aromatic heterocycles. The van der Waals surface area contributed by atoms with Crippen molar-refractivity contribution >= 4 is 34.4 Å². The summed E-state index contributed by atoms with van der Waals surface area (Å²) in [5, 5.41) is 11.3. The zero-order chi connectivity index (χ0) is 23.5. The van der Waals surface area contributed by atoms with Gasteiger partial charge in [-0.2, -0.15) is 0 Å². The summed E-state index contributed by atoms with van der Waals surface area (Å²) in [6.07, 6.45) is 0. The number of fused-ring (bicyclic) bond motifs is 1. The van der Waals surface area contributed by atoms with Crippen LogP contribution in [0.25, 0.3) is 33.9 Å². The Kier molecular flexibility index (Phi) is 6.01. The summed E-state index contributed by atoms with van der Waals surface area (Å²) < 4.78 is 10.8. The normalized spacial score (nSPS) is 11.0. The fourth-order valence-corrected chi connectivity index (χ4v) is 3.98. The number of amides is 1. The molecule has 0 radical (unpaired) electrons. The lowest BCUT2D eigenvalue weighted by Crippen LogP contribution is -2.13. The fraction of sp³-hybridized carbons (Fsp3) is 0.120. The van der Waals surface area contributed by atoms with E-state index in [9.17, 15) is 4.79 Å². The number of hydrogen-bond donors (Lipinski definition) is 2. The number of anilines is 1. The summed E-state index contributed by atoms with van der Waals surface area (Å²) in [5.41, 5.74) is 5.56. The number of nitrogens with zero attached hydrogens (tertiary/aromatic N) is 3. The topological polar surface area (TPSA) is 106 Å². The molecule has 34 heavy (non-hydrogen) atoms. The third-order valence-corrected chi connectivity index (χ3v) is 5.97. The quantitative estimate of drug-likeness (QED) is 0.309. The van der Waals surface area contributed by atoms with Crippen molar-refractivity contribution in [3.8, 4) is 28.6 Å². The van der Waals surface area contributed by atoms with Crippen LogP contribution in [0.5, 0.6) is 5.75 Å². The summed E-state index contributed by atoms with van der Waals surface area (Å²) in [4.78, 5) is 20.2. The molecule has 0 atom stereocenters. The molecule has 0 bridgehead atoms. The molecular weight excluding hydrogens is 450 g/mol. The zero-order valence-corrected chi connectivity index (χ0v) is 19.3. The molecule has 2 N–H and O–H groups in total. The minimum Gasteiger partial charge on any atom is -0.497 e. The molecule has 1 amide bonds. The maximum atomic E-state index is 12.2. The van der Waals surface area contributed by atoms with Gasteiger partial charge in [-0.05, 0) is 61.0 Å². The fourth-order valence-electron chi connectivity index (χ4n) is 3.41. The van der Waals surface area contributed by atoms with E-state index in [1.165, 1.54) is 17.3 Å². The van der Waals surface area contributed by atoms with Crippen LogP contribution < -0.4 is 10.1 Å². The van der Waals surface area contributed by atoms with Crippen molar-refractivity contribution in [3.63, 3.8) is 0 Å². The van der Waals surface area contributed by atoms with E-state index >= 15 is 0 Å². The predicted octanol–water partition coefficient (Wildman–Crippen LogP) is 5.33. The molecule has 0 aliphatic heterocycles. The predicted molar refractivity (Wildman–Crippen MR) is 132 cm³/mol. The zero-order valence-electron chi connectivity index (χ0n) is 18.5. The molecule has 5 aromatic rings. The molecule has 0 aliphatic rings. The van der Waals surface area contributed by atoms with E-state index in [0.29, 0.717) is 16.8 Å². The minimum atomic E-state index is -0.166. The summed E-state index contributed by atoms with van der Waals surface area (Å²) in [5.74, 6) is 1.91. The standard InChI is InChI=1S/C25H21N5O3S/c1-15-3-12-20-21(13-15)28-23(27-20)16-4-6-17(7-5-16)24-29-30-25(33-24)34-14-22(31)26-18-8-10-19(32-2)11-9-18/h3-13H,14H2,1-2H3,(H,26,31)(H,27,28). The molecule has 9 heteroatoms. The van der Waals surface area contributed by atoms with Crippen molar-refractivity contribution in [3.05, 3.63) is 72.3 Å². The van der Waals surface area contributed by atoms with E-state index in [1.807, 2.05) is 36.4 Å². The lowest BCUT2D eigenvalue weighted by molar-refractivity contribution is -0.113. The van der Waals surface area contributed by atoms with Gasteiger partial charge in [-0.3, -0.25) is 4.79 Å². The number of aromatic nitrogens is 4. The average Bonchev–Trinajstić information content (AvgIpc) is 3.50. The number of nitrogens with one attached hydrogen (secondary N) is 2. The van der Waals surface area contributed by atoms with Crippen molar-refractivity contribution in [2.75, 3.05) is 18.2 Å². The molecule has 0 unspecified atom stereocenters. The highest BCUT2D eigenvalue weighted by atomic mass is 32.2. The highest BCUT2D eigenvalue weighted by Crippen LogP contribution is 2.27. The van der Waals surface area contributed by atoms with Crippen LogP contribution in [0.4, 0.5) is 5.69 Å². The third kappa shape index (κ3) is 4.79. The van der Waals surface area contributed by atoms with Crippen LogP contribution in [0.3, 0.4) is 0 Å². The Hall–Kier alpha value is -4.11. The Balaban J connectivity index is 1.21. The first-order valence-corrected chi connectivity index (χ1v) is 11.5. The SMILES string of the molecule is COc1ccc(NC(=O)CSc2nnc(-c3ccc(-c4nc5ccc(C)cc5[nH]4)cc3)o2)cc1. The Bertz CT molecular complexity index is 1440. The van der Waals surface area contributed by atoms with Crippen LogP contribution in [0.2, 0.25) is 0 Å². The van der Waals surface area contributed by atoms with Crippen LogP contribution in [0.1, 0.15) is 5.56 Å². The molecule has 2 heterocycles. The number of rotatable bonds is 7. The molecule has 3 aromatic carbocycles. The molecule has 0 spiro atoms. The Labute approximate surface area is 199 Å². The second-order valence-corrected chi connectivity index (χ2v) is 8.55. The molecule has 0 saturated heterocycles. The smallest absolute Gasteiger partial charge is 0.277 e. The van der Waals surface area contributed by atoms with Gasteiger partial charge in [-0.1, -0.05) is 30.0 Å². The van der Waals surface area contributed by atoms with Gasteiger partial charge in [0.2, 0.25) is 11.8 Å². The molecule has 8 nitrogen and oxygen atoms in total. The van der Waals surface area contributed by atoms with Gasteiger partial charge in [0, 0.05) is 16.8 Å². The number of H-pyrrole nitrogens is 1. The Morgan fingerprint density at radius 3 is 2.56 bits per heavy atom. The van der Waals surface area contributed by atoms with Crippen LogP contribution >= 0.6 is 11.8 Å². The van der Waals surface area contributed by atoms with Crippen LogP contribution in [0, 0.1) is 6.92 Å². The van der Waals surface area contributed by atoms with Gasteiger partial charge in [-0.15, -0.1) is 10.2 Å². The molecule has 0 fully saturated rings. The molecule has 0 saturated carbocycles. The van der Waals surface area contributed by atoms with Crippen molar-refractivity contribution in [1.82, 2.24) is 20.2 Å². The number of imidazole rings is 1. The van der Waals surface area contributed by atoms with Crippen LogP contribution in [-0.2, 0) is 4.79 Å². The van der Waals surface area contributed by atoms with Crippen molar-refractivity contribution in [1.29, 1.82) is 0 Å². The maximum Gasteiger partial charge on any atom is 0.277 e. The van der Waals surface area contributed by atoms with Crippen molar-refractivity contribution in [2.45, 2.75) is 12.1 Å². The molecule has 0 aliphatic carbocycles. The van der Waals surface area contributed by atoms with Crippen LogP contribution in [-0.4, -0.2) is 38.9 Å². The first-order chi connectivity index (χ1) is 16.6. The van der Waals surface area contributed by atoms with Crippen molar-refractivity contribution < 1.29 is 13.9 Å². The summed E-state index contributed by atoms with van der Waals surface area (Å²) in [7, 11) is 1.60. The van der Waals surface area contributed by atoms with Gasteiger partial charge in [-0.25, -0.2) is 4.98 Å². The first kappa shape index (κ1) is 21.7. The number of carbonyl (C=O) groups excluding carboxylic acids is 1. The minimum absolute atomic E-state index is 0.151. The van der Waals surface area contributed by atoms with Crippen LogP contribution in [0.15, 0.2) is 76.4 Å². The summed E-state index contributed by atoms with van der Waals surface area (Å²) in [6.45, 7) is 2.05. The largest absolute Gasteiger partial charge is 0.497 e. The number of hydrogen-bond acceptors (Lipinski definition) is 7. The highest BCUT2D eigenvalue weighted by Gasteiger charge is 2.13. The van der Waals surface area contributed by atoms with E-state index in [4.69, 9.17) is 9.15 Å². The van der Waals surface area contributed by atoms with Gasteiger partial charge in [0.15, 0.2) is 0 Å². The average molecular weight is 472 g/mol. The van der Waals surface area contributed by atoms with Gasteiger partial charge in [0.25, 0.3) is 5.22 Å². The lowest BCUT2D eigenvalue weighted by atomic mass is 10.1. The number of ether oxygens (including phenoxy) is 1. The van der Waals surface area contributed by atoms with E-state index < -0.39 is 0 Å². The first-order valence-electron chi connectivity index (χ1n) is 10.5. The van der Waals surface area contributed by atoms with E-state index in [1.54, 1.807) is 31.4 Å². The number of thioether (sulfide) groups is 1. The molecule has 5 rings (SSSR count). The van der Waals surface area contributed by atoms with Gasteiger partial charge in [0.05, 0.1) is 23.9 Å². The lowest BCUT2D eigenvalue weighted by Gasteiger charge is -2.05. The van der Waals surface area contributed by atoms with E-state index in [-0.39, 0.29) is 11.7 Å². The summed E-state index contributed by atoms with van der Waals surface area (Å²) >= 11 is 1.18. The molecular formula is C25H21N5O3S.